The highest BCUT2D eigenvalue weighted by atomic mass is 31.0. The molecule has 3 nitrogen and oxygen atoms in total. The van der Waals surface area contributed by atoms with Gasteiger partial charge >= 0.3 is 0 Å². The molecule has 0 bridgehead atoms. The van der Waals surface area contributed by atoms with Crippen molar-refractivity contribution in [2.45, 2.75) is 25.8 Å². The minimum absolute atomic E-state index is 0.0123. The standard InChI is InChI=1S/C8H17N2OP/c1-7(9-8(11)12)6-10-4-2-3-5-10/h7H,2-6,12H2,1H3,(H,9,11). The molecule has 0 aliphatic carbocycles. The lowest BCUT2D eigenvalue weighted by molar-refractivity contribution is 0.250. The number of nitrogens with one attached hydrogen (secondary N) is 1. The van der Waals surface area contributed by atoms with E-state index >= 15 is 0 Å². The number of hydrogen-bond acceptors (Lipinski definition) is 2. The predicted molar refractivity (Wildman–Crippen MR) is 53.4 cm³/mol. The lowest BCUT2D eigenvalue weighted by Gasteiger charge is -2.20. The van der Waals surface area contributed by atoms with Crippen molar-refractivity contribution in [1.82, 2.24) is 10.2 Å². The first kappa shape index (κ1) is 9.94. The molecule has 0 radical (unpaired) electrons. The molecule has 0 aromatic heterocycles. The molecule has 2 atom stereocenters. The van der Waals surface area contributed by atoms with Crippen LogP contribution < -0.4 is 5.32 Å². The third kappa shape index (κ3) is 3.51. The Morgan fingerprint density at radius 3 is 2.67 bits per heavy atom. The first-order valence-corrected chi connectivity index (χ1v) is 5.04. The summed E-state index contributed by atoms with van der Waals surface area (Å²) in [6.07, 6.45) is 2.61. The molecule has 12 heavy (non-hydrogen) atoms. The largest absolute Gasteiger partial charge is 0.349 e. The predicted octanol–water partition coefficient (Wildman–Crippen LogP) is 1.06. The van der Waals surface area contributed by atoms with Gasteiger partial charge in [0, 0.05) is 12.6 Å². The maximum absolute atomic E-state index is 10.7. The van der Waals surface area contributed by atoms with Crippen LogP contribution in [0.3, 0.4) is 0 Å². The van der Waals surface area contributed by atoms with Gasteiger partial charge in [-0.3, -0.25) is 4.79 Å². The van der Waals surface area contributed by atoms with Crippen molar-refractivity contribution in [3.63, 3.8) is 0 Å². The first-order valence-electron chi connectivity index (χ1n) is 4.47. The second-order valence-electron chi connectivity index (χ2n) is 3.42. The first-order chi connectivity index (χ1) is 5.68. The molecule has 1 N–H and O–H groups in total. The van der Waals surface area contributed by atoms with Crippen molar-refractivity contribution in [3.05, 3.63) is 0 Å². The fraction of sp³-hybridized carbons (Fsp3) is 0.875. The summed E-state index contributed by atoms with van der Waals surface area (Å²) >= 11 is 0. The fourth-order valence-electron chi connectivity index (χ4n) is 1.64. The molecule has 1 heterocycles. The van der Waals surface area contributed by atoms with Crippen LogP contribution in [-0.2, 0) is 0 Å². The molecule has 0 aromatic rings. The number of rotatable bonds is 3. The number of carbonyl (C=O) groups excluding carboxylic acids is 1. The van der Waals surface area contributed by atoms with Crippen LogP contribution in [0.25, 0.3) is 0 Å². The Balaban J connectivity index is 2.16. The molecular weight excluding hydrogens is 171 g/mol. The van der Waals surface area contributed by atoms with Crippen molar-refractivity contribution in [2.75, 3.05) is 19.6 Å². The van der Waals surface area contributed by atoms with Gasteiger partial charge in [-0.05, 0) is 42.1 Å². The normalized spacial score (nSPS) is 20.8. The molecule has 1 aliphatic heterocycles. The lowest BCUT2D eigenvalue weighted by Crippen LogP contribution is -2.38. The molecule has 4 heteroatoms. The highest BCUT2D eigenvalue weighted by Gasteiger charge is 2.14. The Morgan fingerprint density at radius 2 is 2.17 bits per heavy atom. The summed E-state index contributed by atoms with van der Waals surface area (Å²) in [6, 6.07) is 0.271. The lowest BCUT2D eigenvalue weighted by atomic mass is 10.3. The SMILES string of the molecule is CC(CN1CCCC1)NC(=O)P. The average Bonchev–Trinajstić information content (AvgIpc) is 2.37. The molecular formula is C8H17N2OP. The Labute approximate surface area is 76.1 Å². The van der Waals surface area contributed by atoms with Gasteiger partial charge < -0.3 is 10.2 Å². The second kappa shape index (κ2) is 4.78. The summed E-state index contributed by atoms with van der Waals surface area (Å²) in [6.45, 7) is 5.41. The van der Waals surface area contributed by atoms with E-state index in [2.05, 4.69) is 19.5 Å². The highest BCUT2D eigenvalue weighted by molar-refractivity contribution is 7.39. The van der Waals surface area contributed by atoms with Gasteiger partial charge in [0.25, 0.3) is 0 Å². The Hall–Kier alpha value is -0.140. The zero-order valence-electron chi connectivity index (χ0n) is 7.55. The van der Waals surface area contributed by atoms with Crippen LogP contribution in [0.2, 0.25) is 0 Å². The van der Waals surface area contributed by atoms with Crippen LogP contribution in [0.4, 0.5) is 4.79 Å². The minimum atomic E-state index is -0.0123. The van der Waals surface area contributed by atoms with Crippen molar-refractivity contribution < 1.29 is 4.79 Å². The van der Waals surface area contributed by atoms with Gasteiger partial charge in [-0.1, -0.05) is 0 Å². The van der Waals surface area contributed by atoms with Crippen LogP contribution in [0.1, 0.15) is 19.8 Å². The maximum Gasteiger partial charge on any atom is 0.235 e. The van der Waals surface area contributed by atoms with Crippen molar-refractivity contribution in [2.24, 2.45) is 0 Å². The van der Waals surface area contributed by atoms with Crippen molar-refractivity contribution in [3.8, 4) is 0 Å². The monoisotopic (exact) mass is 188 g/mol. The van der Waals surface area contributed by atoms with E-state index in [4.69, 9.17) is 0 Å². The third-order valence-corrected chi connectivity index (χ3v) is 2.29. The van der Waals surface area contributed by atoms with E-state index < -0.39 is 0 Å². The van der Waals surface area contributed by atoms with E-state index in [1.807, 2.05) is 6.92 Å². The van der Waals surface area contributed by atoms with Gasteiger partial charge in [-0.2, -0.15) is 0 Å². The summed E-state index contributed by atoms with van der Waals surface area (Å²) in [5.74, 6) is 0. The zero-order valence-corrected chi connectivity index (χ0v) is 8.70. The van der Waals surface area contributed by atoms with Gasteiger partial charge in [-0.25, -0.2) is 0 Å². The van der Waals surface area contributed by atoms with E-state index in [0.717, 1.165) is 6.54 Å². The molecule has 0 spiro atoms. The minimum Gasteiger partial charge on any atom is -0.349 e. The fourth-order valence-corrected chi connectivity index (χ4v) is 1.93. The summed E-state index contributed by atoms with van der Waals surface area (Å²) < 4.78 is 0. The van der Waals surface area contributed by atoms with Gasteiger partial charge in [0.15, 0.2) is 0 Å². The summed E-state index contributed by atoms with van der Waals surface area (Å²) in [7, 11) is 2.14. The Kier molecular flexibility index (Phi) is 3.96. The van der Waals surface area contributed by atoms with Gasteiger partial charge in [0.1, 0.15) is 0 Å². The van der Waals surface area contributed by atoms with E-state index in [1.165, 1.54) is 25.9 Å². The summed E-state index contributed by atoms with van der Waals surface area (Å²) in [5, 5.41) is 2.85. The molecule has 0 aromatic carbocycles. The van der Waals surface area contributed by atoms with E-state index in [9.17, 15) is 4.79 Å². The quantitative estimate of drug-likeness (QED) is 0.671. The Morgan fingerprint density at radius 1 is 1.58 bits per heavy atom. The molecule has 1 saturated heterocycles. The zero-order chi connectivity index (χ0) is 8.97. The molecule has 0 saturated carbocycles. The Bertz CT molecular complexity index is 157. The molecule has 70 valence electrons. The van der Waals surface area contributed by atoms with Crippen LogP contribution in [-0.4, -0.2) is 36.2 Å². The van der Waals surface area contributed by atoms with Crippen LogP contribution in [0.15, 0.2) is 0 Å². The van der Waals surface area contributed by atoms with Gasteiger partial charge in [0.2, 0.25) is 5.65 Å². The number of hydrogen-bond donors (Lipinski definition) is 1. The summed E-state index contributed by atoms with van der Waals surface area (Å²) in [4.78, 5) is 13.1. The number of carbonyl (C=O) groups is 1. The van der Waals surface area contributed by atoms with E-state index in [1.54, 1.807) is 0 Å². The number of amides is 1. The summed E-state index contributed by atoms with van der Waals surface area (Å²) in [5.41, 5.74) is -0.0123. The molecule has 1 aliphatic rings. The smallest absolute Gasteiger partial charge is 0.235 e. The van der Waals surface area contributed by atoms with E-state index in [-0.39, 0.29) is 11.7 Å². The second-order valence-corrected chi connectivity index (χ2v) is 3.94. The number of nitrogens with zero attached hydrogens (tertiary/aromatic N) is 1. The van der Waals surface area contributed by atoms with Crippen LogP contribution in [0.5, 0.6) is 0 Å². The molecule has 1 amide bonds. The molecule has 1 fully saturated rings. The highest BCUT2D eigenvalue weighted by Crippen LogP contribution is 2.07. The van der Waals surface area contributed by atoms with Gasteiger partial charge in [0.05, 0.1) is 0 Å². The van der Waals surface area contributed by atoms with Crippen LogP contribution >= 0.6 is 9.24 Å². The van der Waals surface area contributed by atoms with Crippen molar-refractivity contribution in [1.29, 1.82) is 0 Å². The average molecular weight is 188 g/mol. The van der Waals surface area contributed by atoms with E-state index in [0.29, 0.717) is 0 Å². The van der Waals surface area contributed by atoms with Crippen LogP contribution in [0, 0.1) is 0 Å². The van der Waals surface area contributed by atoms with Gasteiger partial charge in [-0.15, -0.1) is 0 Å². The maximum atomic E-state index is 10.7. The number of likely N-dealkylation sites (tertiary alicyclic amines) is 1. The topological polar surface area (TPSA) is 32.3 Å². The van der Waals surface area contributed by atoms with Crippen molar-refractivity contribution >= 4 is 14.9 Å². The molecule has 1 rings (SSSR count). The molecule has 2 unspecified atom stereocenters. The third-order valence-electron chi connectivity index (χ3n) is 2.12.